The Morgan fingerprint density at radius 2 is 1.94 bits per heavy atom. The Morgan fingerprint density at radius 3 is 2.44 bits per heavy atom. The second-order valence-electron chi connectivity index (χ2n) is 4.86. The van der Waals surface area contributed by atoms with Crippen molar-refractivity contribution in [1.29, 1.82) is 0 Å². The van der Waals surface area contributed by atoms with Crippen molar-refractivity contribution in [2.45, 2.75) is 46.5 Å². The fraction of sp³-hybridized carbons (Fsp3) is 0.571. The molecule has 0 bridgehead atoms. The molecule has 0 aliphatic rings. The van der Waals surface area contributed by atoms with E-state index in [1.54, 1.807) is 0 Å². The largest absolute Gasteiger partial charge is 0.145 e. The van der Waals surface area contributed by atoms with Crippen LogP contribution in [0.2, 0.25) is 0 Å². The summed E-state index contributed by atoms with van der Waals surface area (Å²) in [6.45, 7) is 8.85. The molecule has 0 aliphatic carbocycles. The summed E-state index contributed by atoms with van der Waals surface area (Å²) in [5.74, 6) is 1.25. The minimum atomic E-state index is 0.539. The van der Waals surface area contributed by atoms with Gasteiger partial charge in [0.25, 0.3) is 0 Å². The van der Waals surface area contributed by atoms with E-state index in [0.29, 0.717) is 17.5 Å². The van der Waals surface area contributed by atoms with Crippen molar-refractivity contribution >= 4 is 5.69 Å². The van der Waals surface area contributed by atoms with Gasteiger partial charge >= 0.3 is 0 Å². The maximum absolute atomic E-state index is 10.5. The first-order valence-corrected chi connectivity index (χ1v) is 6.04. The van der Waals surface area contributed by atoms with Crippen molar-refractivity contribution in [2.24, 2.45) is 11.1 Å². The average Bonchev–Trinajstić information content (AvgIpc) is 2.27. The molecule has 1 atom stereocenters. The van der Waals surface area contributed by atoms with Crippen LogP contribution in [0.4, 0.5) is 5.69 Å². The third kappa shape index (κ3) is 3.16. The number of hydrogen-bond donors (Lipinski definition) is 0. The molecule has 0 aliphatic heterocycles. The van der Waals surface area contributed by atoms with E-state index in [4.69, 9.17) is 0 Å². The van der Waals surface area contributed by atoms with Gasteiger partial charge in [0.15, 0.2) is 0 Å². The van der Waals surface area contributed by atoms with E-state index < -0.39 is 0 Å². The minimum absolute atomic E-state index is 0.539. The topological polar surface area (TPSA) is 29.4 Å². The second kappa shape index (κ2) is 5.78. The number of rotatable bonds is 5. The van der Waals surface area contributed by atoms with Gasteiger partial charge in [0.1, 0.15) is 5.69 Å². The highest BCUT2D eigenvalue weighted by molar-refractivity contribution is 5.45. The number of nitrogens with zero attached hydrogens (tertiary/aromatic N) is 1. The van der Waals surface area contributed by atoms with Crippen LogP contribution in [0.5, 0.6) is 0 Å². The summed E-state index contributed by atoms with van der Waals surface area (Å²) in [6, 6.07) is 5.79. The predicted octanol–water partition coefficient (Wildman–Crippen LogP) is 4.80. The average molecular weight is 219 g/mol. The lowest BCUT2D eigenvalue weighted by Crippen LogP contribution is -2.02. The molecular formula is C14H21NO. The van der Waals surface area contributed by atoms with Crippen molar-refractivity contribution in [2.75, 3.05) is 0 Å². The van der Waals surface area contributed by atoms with Crippen LogP contribution >= 0.6 is 0 Å². The van der Waals surface area contributed by atoms with Gasteiger partial charge in [0.05, 0.1) is 0 Å². The lowest BCUT2D eigenvalue weighted by atomic mass is 9.88. The van der Waals surface area contributed by atoms with Crippen LogP contribution in [0.25, 0.3) is 0 Å². The maximum Gasteiger partial charge on any atom is 0.108 e. The van der Waals surface area contributed by atoms with Gasteiger partial charge in [-0.2, -0.15) is 0 Å². The van der Waals surface area contributed by atoms with E-state index in [9.17, 15) is 4.91 Å². The highest BCUT2D eigenvalue weighted by Gasteiger charge is 2.12. The number of nitroso groups, excluding NO2 is 1. The third-order valence-electron chi connectivity index (χ3n) is 2.97. The number of aryl methyl sites for hydroxylation is 1. The van der Waals surface area contributed by atoms with Crippen LogP contribution < -0.4 is 0 Å². The molecule has 0 radical (unpaired) electrons. The lowest BCUT2D eigenvalue weighted by molar-refractivity contribution is 0.521. The van der Waals surface area contributed by atoms with Crippen LogP contribution in [0.3, 0.4) is 0 Å². The quantitative estimate of drug-likeness (QED) is 0.654. The smallest absolute Gasteiger partial charge is 0.108 e. The third-order valence-corrected chi connectivity index (χ3v) is 2.97. The van der Waals surface area contributed by atoms with Crippen LogP contribution in [0.1, 0.15) is 51.2 Å². The molecule has 0 saturated heterocycles. The molecule has 88 valence electrons. The Bertz CT molecular complexity index is 358. The van der Waals surface area contributed by atoms with Gasteiger partial charge in [-0.05, 0) is 53.1 Å². The van der Waals surface area contributed by atoms with E-state index >= 15 is 0 Å². The fourth-order valence-electron chi connectivity index (χ4n) is 2.27. The monoisotopic (exact) mass is 219 g/mol. The standard InChI is InChI=1S/C14H21NO/c1-5-12-9-13(15-16)6-7-14(12)11(4)8-10(2)3/h6-7,9-11H,5,8H2,1-4H3. The molecular weight excluding hydrogens is 198 g/mol. The van der Waals surface area contributed by atoms with Crippen molar-refractivity contribution in [1.82, 2.24) is 0 Å². The molecule has 2 heteroatoms. The van der Waals surface area contributed by atoms with E-state index in [1.807, 2.05) is 12.1 Å². The molecule has 1 aromatic carbocycles. The first kappa shape index (κ1) is 12.9. The van der Waals surface area contributed by atoms with Crippen LogP contribution in [-0.2, 0) is 6.42 Å². The predicted molar refractivity (Wildman–Crippen MR) is 69.1 cm³/mol. The molecule has 0 aromatic heterocycles. The number of hydrogen-bond acceptors (Lipinski definition) is 2. The summed E-state index contributed by atoms with van der Waals surface area (Å²) < 4.78 is 0. The van der Waals surface area contributed by atoms with Crippen molar-refractivity contribution < 1.29 is 0 Å². The first-order valence-electron chi connectivity index (χ1n) is 6.04. The second-order valence-corrected chi connectivity index (χ2v) is 4.86. The maximum atomic E-state index is 10.5. The number of benzene rings is 1. The molecule has 2 nitrogen and oxygen atoms in total. The summed E-state index contributed by atoms with van der Waals surface area (Å²) in [5.41, 5.74) is 3.16. The molecule has 0 N–H and O–H groups in total. The molecule has 16 heavy (non-hydrogen) atoms. The Hall–Kier alpha value is -1.18. The van der Waals surface area contributed by atoms with Crippen molar-refractivity contribution in [3.8, 4) is 0 Å². The molecule has 0 spiro atoms. The zero-order chi connectivity index (χ0) is 12.1. The summed E-state index contributed by atoms with van der Waals surface area (Å²) >= 11 is 0. The van der Waals surface area contributed by atoms with Gasteiger partial charge in [-0.25, -0.2) is 0 Å². The molecule has 1 rings (SSSR count). The van der Waals surface area contributed by atoms with Crippen LogP contribution in [0.15, 0.2) is 23.4 Å². The van der Waals surface area contributed by atoms with Gasteiger partial charge in [0, 0.05) is 0 Å². The molecule has 1 unspecified atom stereocenters. The van der Waals surface area contributed by atoms with E-state index in [-0.39, 0.29) is 0 Å². The Labute approximate surface area is 98.0 Å². The first-order chi connectivity index (χ1) is 7.58. The summed E-state index contributed by atoms with van der Waals surface area (Å²) in [6.07, 6.45) is 2.14. The molecule has 0 heterocycles. The SMILES string of the molecule is CCc1cc(N=O)ccc1C(C)CC(C)C. The van der Waals surface area contributed by atoms with E-state index in [1.165, 1.54) is 17.5 Å². The van der Waals surface area contributed by atoms with E-state index in [2.05, 4.69) is 38.9 Å². The minimum Gasteiger partial charge on any atom is -0.145 e. The highest BCUT2D eigenvalue weighted by atomic mass is 16.3. The van der Waals surface area contributed by atoms with Gasteiger partial charge < -0.3 is 0 Å². The Balaban J connectivity index is 2.98. The van der Waals surface area contributed by atoms with Gasteiger partial charge in [-0.15, -0.1) is 4.91 Å². The normalized spacial score (nSPS) is 12.8. The van der Waals surface area contributed by atoms with Crippen LogP contribution in [-0.4, -0.2) is 0 Å². The lowest BCUT2D eigenvalue weighted by Gasteiger charge is -2.17. The molecule has 0 amide bonds. The van der Waals surface area contributed by atoms with Gasteiger partial charge in [0.2, 0.25) is 0 Å². The molecule has 0 fully saturated rings. The van der Waals surface area contributed by atoms with E-state index in [0.717, 1.165) is 6.42 Å². The summed E-state index contributed by atoms with van der Waals surface area (Å²) in [7, 11) is 0. The summed E-state index contributed by atoms with van der Waals surface area (Å²) in [5, 5.41) is 2.99. The van der Waals surface area contributed by atoms with Crippen molar-refractivity contribution in [3.63, 3.8) is 0 Å². The molecule has 0 saturated carbocycles. The van der Waals surface area contributed by atoms with Crippen molar-refractivity contribution in [3.05, 3.63) is 34.2 Å². The molecule has 1 aromatic rings. The zero-order valence-corrected chi connectivity index (χ0v) is 10.7. The zero-order valence-electron chi connectivity index (χ0n) is 10.7. The highest BCUT2D eigenvalue weighted by Crippen LogP contribution is 2.29. The Morgan fingerprint density at radius 1 is 1.25 bits per heavy atom. The van der Waals surface area contributed by atoms with Gasteiger partial charge in [-0.3, -0.25) is 0 Å². The summed E-state index contributed by atoms with van der Waals surface area (Å²) in [4.78, 5) is 10.5. The van der Waals surface area contributed by atoms with Crippen LogP contribution in [0, 0.1) is 10.8 Å². The van der Waals surface area contributed by atoms with Gasteiger partial charge in [-0.1, -0.05) is 33.8 Å². The Kier molecular flexibility index (Phi) is 4.66. The fourth-order valence-corrected chi connectivity index (χ4v) is 2.27.